The van der Waals surface area contributed by atoms with Gasteiger partial charge in [-0.2, -0.15) is 0 Å². The van der Waals surface area contributed by atoms with Crippen molar-refractivity contribution in [3.8, 4) is 11.5 Å². The maximum Gasteiger partial charge on any atom is 0.255 e. The van der Waals surface area contributed by atoms with E-state index in [-0.39, 0.29) is 5.91 Å². The number of aryl methyl sites for hydroxylation is 3. The zero-order valence-corrected chi connectivity index (χ0v) is 16.7. The van der Waals surface area contributed by atoms with Gasteiger partial charge in [0.05, 0.1) is 7.11 Å². The topological polar surface area (TPSA) is 47.6 Å². The van der Waals surface area contributed by atoms with Crippen LogP contribution >= 0.6 is 0 Å². The van der Waals surface area contributed by atoms with Crippen molar-refractivity contribution in [2.75, 3.05) is 12.4 Å². The molecule has 0 radical (unpaired) electrons. The Labute approximate surface area is 166 Å². The van der Waals surface area contributed by atoms with Crippen molar-refractivity contribution < 1.29 is 14.3 Å². The van der Waals surface area contributed by atoms with Gasteiger partial charge in [0.2, 0.25) is 0 Å². The maximum atomic E-state index is 12.6. The molecule has 0 heterocycles. The van der Waals surface area contributed by atoms with Gasteiger partial charge in [-0.1, -0.05) is 18.2 Å². The molecule has 0 fully saturated rings. The fourth-order valence-electron chi connectivity index (χ4n) is 2.92. The third kappa shape index (κ3) is 4.71. The number of carbonyl (C=O) groups is 1. The van der Waals surface area contributed by atoms with Crippen molar-refractivity contribution in [3.05, 3.63) is 88.5 Å². The summed E-state index contributed by atoms with van der Waals surface area (Å²) in [6.45, 7) is 6.43. The number of anilines is 1. The van der Waals surface area contributed by atoms with Crippen LogP contribution in [0.3, 0.4) is 0 Å². The van der Waals surface area contributed by atoms with Gasteiger partial charge < -0.3 is 14.8 Å². The van der Waals surface area contributed by atoms with Crippen molar-refractivity contribution in [1.82, 2.24) is 0 Å². The molecule has 0 unspecified atom stereocenters. The number of ether oxygens (including phenoxy) is 2. The summed E-state index contributed by atoms with van der Waals surface area (Å²) in [6.07, 6.45) is 0. The van der Waals surface area contributed by atoms with Gasteiger partial charge in [-0.05, 0) is 79.9 Å². The van der Waals surface area contributed by atoms with Crippen LogP contribution in [-0.2, 0) is 6.61 Å². The number of benzene rings is 3. The Balaban J connectivity index is 1.77. The second kappa shape index (κ2) is 8.61. The Hall–Kier alpha value is -3.27. The lowest BCUT2D eigenvalue weighted by molar-refractivity contribution is 0.102. The number of hydrogen-bond acceptors (Lipinski definition) is 3. The van der Waals surface area contributed by atoms with Gasteiger partial charge in [0.25, 0.3) is 5.91 Å². The second-order valence-electron chi connectivity index (χ2n) is 6.88. The molecular weight excluding hydrogens is 350 g/mol. The number of hydrogen-bond donors (Lipinski definition) is 1. The Kier molecular flexibility index (Phi) is 5.99. The molecular formula is C24H25NO3. The molecule has 4 nitrogen and oxygen atoms in total. The molecule has 1 amide bonds. The van der Waals surface area contributed by atoms with E-state index in [1.807, 2.05) is 55.5 Å². The molecule has 4 heteroatoms. The Morgan fingerprint density at radius 2 is 1.75 bits per heavy atom. The van der Waals surface area contributed by atoms with E-state index in [9.17, 15) is 4.79 Å². The van der Waals surface area contributed by atoms with Gasteiger partial charge >= 0.3 is 0 Å². The quantitative estimate of drug-likeness (QED) is 0.623. The van der Waals surface area contributed by atoms with E-state index in [0.29, 0.717) is 17.9 Å². The summed E-state index contributed by atoms with van der Waals surface area (Å²) >= 11 is 0. The summed E-state index contributed by atoms with van der Waals surface area (Å²) in [5.41, 5.74) is 5.64. The molecule has 0 saturated heterocycles. The molecule has 28 heavy (non-hydrogen) atoms. The zero-order valence-electron chi connectivity index (χ0n) is 16.7. The molecule has 0 bridgehead atoms. The fraction of sp³-hybridized carbons (Fsp3) is 0.208. The molecule has 3 rings (SSSR count). The summed E-state index contributed by atoms with van der Waals surface area (Å²) < 4.78 is 11.4. The molecule has 0 spiro atoms. The van der Waals surface area contributed by atoms with E-state index in [1.165, 1.54) is 11.1 Å². The monoisotopic (exact) mass is 375 g/mol. The summed E-state index contributed by atoms with van der Waals surface area (Å²) in [4.78, 5) is 12.6. The smallest absolute Gasteiger partial charge is 0.255 e. The highest BCUT2D eigenvalue weighted by atomic mass is 16.5. The lowest BCUT2D eigenvalue weighted by atomic mass is 10.1. The summed E-state index contributed by atoms with van der Waals surface area (Å²) in [5.74, 6) is 1.32. The summed E-state index contributed by atoms with van der Waals surface area (Å²) in [7, 11) is 1.61. The second-order valence-corrected chi connectivity index (χ2v) is 6.88. The zero-order chi connectivity index (χ0) is 20.1. The van der Waals surface area contributed by atoms with Crippen LogP contribution in [0.25, 0.3) is 0 Å². The number of rotatable bonds is 6. The molecule has 1 N–H and O–H groups in total. The first kappa shape index (κ1) is 19.5. The van der Waals surface area contributed by atoms with Gasteiger partial charge in [-0.3, -0.25) is 4.79 Å². The normalized spacial score (nSPS) is 10.4. The highest BCUT2D eigenvalue weighted by Crippen LogP contribution is 2.24. The van der Waals surface area contributed by atoms with Crippen molar-refractivity contribution in [3.63, 3.8) is 0 Å². The van der Waals surface area contributed by atoms with E-state index < -0.39 is 0 Å². The largest absolute Gasteiger partial charge is 0.496 e. The van der Waals surface area contributed by atoms with Crippen LogP contribution in [0.4, 0.5) is 5.69 Å². The van der Waals surface area contributed by atoms with Crippen LogP contribution in [0.5, 0.6) is 11.5 Å². The molecule has 0 saturated carbocycles. The SMILES string of the molecule is COc1ccc(C(=O)Nc2cccc(C)c2)cc1COc1ccc(C)c(C)c1. The summed E-state index contributed by atoms with van der Waals surface area (Å²) in [5, 5.41) is 2.93. The highest BCUT2D eigenvalue weighted by Gasteiger charge is 2.12. The predicted molar refractivity (Wildman–Crippen MR) is 112 cm³/mol. The third-order valence-corrected chi connectivity index (χ3v) is 4.69. The number of methoxy groups -OCH3 is 1. The average molecular weight is 375 g/mol. The van der Waals surface area contributed by atoms with Crippen molar-refractivity contribution in [1.29, 1.82) is 0 Å². The standard InChI is InChI=1S/C24H25NO3/c1-16-6-5-7-21(12-16)25-24(26)19-9-11-23(27-4)20(14-19)15-28-22-10-8-17(2)18(3)13-22/h5-14H,15H2,1-4H3,(H,25,26). The summed E-state index contributed by atoms with van der Waals surface area (Å²) in [6, 6.07) is 19.1. The first-order valence-corrected chi connectivity index (χ1v) is 9.21. The van der Waals surface area contributed by atoms with E-state index in [4.69, 9.17) is 9.47 Å². The van der Waals surface area contributed by atoms with Crippen LogP contribution in [0, 0.1) is 20.8 Å². The van der Waals surface area contributed by atoms with Gasteiger partial charge in [0, 0.05) is 16.8 Å². The third-order valence-electron chi connectivity index (χ3n) is 4.69. The highest BCUT2D eigenvalue weighted by molar-refractivity contribution is 6.04. The fourth-order valence-corrected chi connectivity index (χ4v) is 2.92. The first-order chi connectivity index (χ1) is 13.5. The van der Waals surface area contributed by atoms with Crippen LogP contribution in [0.2, 0.25) is 0 Å². The van der Waals surface area contributed by atoms with Crippen LogP contribution in [0.15, 0.2) is 60.7 Å². The Morgan fingerprint density at radius 1 is 0.929 bits per heavy atom. The van der Waals surface area contributed by atoms with Crippen LogP contribution in [0.1, 0.15) is 32.6 Å². The lowest BCUT2D eigenvalue weighted by Gasteiger charge is -2.13. The minimum absolute atomic E-state index is 0.166. The number of amides is 1. The van der Waals surface area contributed by atoms with Crippen molar-refractivity contribution >= 4 is 11.6 Å². The average Bonchev–Trinajstić information content (AvgIpc) is 2.68. The van der Waals surface area contributed by atoms with Gasteiger partial charge in [-0.15, -0.1) is 0 Å². The molecule has 0 aliphatic carbocycles. The van der Waals surface area contributed by atoms with Gasteiger partial charge in [-0.25, -0.2) is 0 Å². The lowest BCUT2D eigenvalue weighted by Crippen LogP contribution is -2.13. The number of carbonyl (C=O) groups excluding carboxylic acids is 1. The maximum absolute atomic E-state index is 12.6. The van der Waals surface area contributed by atoms with E-state index in [2.05, 4.69) is 19.2 Å². The molecule has 3 aromatic rings. The van der Waals surface area contributed by atoms with Gasteiger partial charge in [0.1, 0.15) is 18.1 Å². The van der Waals surface area contributed by atoms with E-state index in [1.54, 1.807) is 19.2 Å². The first-order valence-electron chi connectivity index (χ1n) is 9.21. The Bertz CT molecular complexity index is 995. The molecule has 3 aromatic carbocycles. The number of nitrogens with one attached hydrogen (secondary N) is 1. The van der Waals surface area contributed by atoms with E-state index >= 15 is 0 Å². The molecule has 0 atom stereocenters. The van der Waals surface area contributed by atoms with Crippen molar-refractivity contribution in [2.24, 2.45) is 0 Å². The minimum atomic E-state index is -0.166. The van der Waals surface area contributed by atoms with Crippen LogP contribution < -0.4 is 14.8 Å². The van der Waals surface area contributed by atoms with Crippen LogP contribution in [-0.4, -0.2) is 13.0 Å². The van der Waals surface area contributed by atoms with Gasteiger partial charge in [0.15, 0.2) is 0 Å². The molecule has 0 aromatic heterocycles. The van der Waals surface area contributed by atoms with E-state index in [0.717, 1.165) is 22.6 Å². The molecule has 0 aliphatic rings. The molecule has 144 valence electrons. The predicted octanol–water partition coefficient (Wildman–Crippen LogP) is 5.45. The van der Waals surface area contributed by atoms with Crippen molar-refractivity contribution in [2.45, 2.75) is 27.4 Å². The Morgan fingerprint density at radius 3 is 2.46 bits per heavy atom. The minimum Gasteiger partial charge on any atom is -0.496 e. The molecule has 0 aliphatic heterocycles.